The Labute approximate surface area is 134 Å². The van der Waals surface area contributed by atoms with Crippen molar-refractivity contribution in [1.29, 1.82) is 0 Å². The van der Waals surface area contributed by atoms with Crippen molar-refractivity contribution >= 4 is 5.78 Å². The Kier molecular flexibility index (Phi) is 3.09. The minimum absolute atomic E-state index is 0.143. The zero-order chi connectivity index (χ0) is 15.5. The van der Waals surface area contributed by atoms with Crippen LogP contribution in [0.15, 0.2) is 36.5 Å². The van der Waals surface area contributed by atoms with Crippen molar-refractivity contribution in [3.05, 3.63) is 36.5 Å². The van der Waals surface area contributed by atoms with Crippen molar-refractivity contribution in [1.82, 2.24) is 0 Å². The van der Waals surface area contributed by atoms with Gasteiger partial charge in [0.2, 0.25) is 0 Å². The average Bonchev–Trinajstić information content (AvgIpc) is 2.84. The fourth-order valence-electron chi connectivity index (χ4n) is 6.63. The fourth-order valence-corrected chi connectivity index (χ4v) is 6.63. The largest absolute Gasteiger partial charge is 0.290 e. The zero-order valence-electron chi connectivity index (χ0n) is 14.0. The molecule has 4 aliphatic rings. The molecule has 0 aromatic heterocycles. The van der Waals surface area contributed by atoms with Crippen LogP contribution in [0.4, 0.5) is 0 Å². The summed E-state index contributed by atoms with van der Waals surface area (Å²) in [5, 5.41) is 0. The number of hydrogen-bond acceptors (Lipinski definition) is 1. The molecule has 0 aromatic rings. The normalized spacial score (nSPS) is 49.9. The van der Waals surface area contributed by atoms with Gasteiger partial charge in [0.15, 0.2) is 5.78 Å². The first-order valence-electron chi connectivity index (χ1n) is 9.06. The molecule has 22 heavy (non-hydrogen) atoms. The number of fused-ring (bicyclic) bond motifs is 5. The first-order valence-corrected chi connectivity index (χ1v) is 9.06. The van der Waals surface area contributed by atoms with E-state index in [4.69, 9.17) is 0 Å². The minimum atomic E-state index is 0.143. The molecule has 0 N–H and O–H groups in total. The number of hydrogen-bond donors (Lipinski definition) is 0. The van der Waals surface area contributed by atoms with E-state index in [1.807, 2.05) is 12.2 Å². The summed E-state index contributed by atoms with van der Waals surface area (Å²) in [6, 6.07) is 0. The standard InChI is InChI=1S/C21H28O/c1-4-14-6-8-18-17-7-5-15-13-16(22)9-11-21(15,3)19(17)10-12-20(14,18)2/h4,9,11,13-14,17-19H,1,5-8,10,12H2,2-3H3/t14?,17?,18?,19?,20-,21+/m1/s1. The second-order valence-electron chi connectivity index (χ2n) is 8.57. The molecule has 0 amide bonds. The summed E-state index contributed by atoms with van der Waals surface area (Å²) in [5.41, 5.74) is 2.03. The first-order chi connectivity index (χ1) is 10.5. The quantitative estimate of drug-likeness (QED) is 0.615. The van der Waals surface area contributed by atoms with Gasteiger partial charge >= 0.3 is 0 Å². The summed E-state index contributed by atoms with van der Waals surface area (Å²) in [6.45, 7) is 9.03. The molecule has 4 aliphatic carbocycles. The van der Waals surface area contributed by atoms with E-state index in [1.165, 1.54) is 37.7 Å². The van der Waals surface area contributed by atoms with E-state index in [2.05, 4.69) is 32.6 Å². The minimum Gasteiger partial charge on any atom is -0.290 e. The SMILES string of the molecule is C=CC1CCC2C3CCC4=CC(=O)C=C[C@]4(C)C3CC[C@]12C. The Morgan fingerprint density at radius 2 is 2.00 bits per heavy atom. The maximum atomic E-state index is 11.8. The van der Waals surface area contributed by atoms with E-state index in [-0.39, 0.29) is 11.2 Å². The van der Waals surface area contributed by atoms with E-state index in [0.29, 0.717) is 11.3 Å². The van der Waals surface area contributed by atoms with Gasteiger partial charge in [0.25, 0.3) is 0 Å². The summed E-state index contributed by atoms with van der Waals surface area (Å²) < 4.78 is 0. The highest BCUT2D eigenvalue weighted by Crippen LogP contribution is 2.66. The number of ketones is 1. The van der Waals surface area contributed by atoms with Gasteiger partial charge in [-0.25, -0.2) is 0 Å². The second-order valence-corrected chi connectivity index (χ2v) is 8.57. The van der Waals surface area contributed by atoms with Gasteiger partial charge in [-0.05, 0) is 79.8 Å². The van der Waals surface area contributed by atoms with E-state index < -0.39 is 0 Å². The van der Waals surface area contributed by atoms with E-state index in [9.17, 15) is 4.79 Å². The second kappa shape index (κ2) is 4.69. The molecular formula is C21H28O. The predicted molar refractivity (Wildman–Crippen MR) is 90.3 cm³/mol. The highest BCUT2D eigenvalue weighted by Gasteiger charge is 2.57. The summed E-state index contributed by atoms with van der Waals surface area (Å²) in [7, 11) is 0. The third-order valence-corrected chi connectivity index (χ3v) is 7.91. The van der Waals surface area contributed by atoms with Crippen LogP contribution >= 0.6 is 0 Å². The van der Waals surface area contributed by atoms with E-state index >= 15 is 0 Å². The molecule has 0 heterocycles. The van der Waals surface area contributed by atoms with Crippen LogP contribution in [-0.4, -0.2) is 5.78 Å². The topological polar surface area (TPSA) is 17.1 Å². The average molecular weight is 296 g/mol. The molecule has 4 rings (SSSR count). The first kappa shape index (κ1) is 14.5. The Bertz CT molecular complexity index is 583. The van der Waals surface area contributed by atoms with Gasteiger partial charge in [-0.1, -0.05) is 31.6 Å². The van der Waals surface area contributed by atoms with Crippen molar-refractivity contribution in [3.8, 4) is 0 Å². The number of rotatable bonds is 1. The molecule has 3 fully saturated rings. The van der Waals surface area contributed by atoms with Gasteiger partial charge in [-0.15, -0.1) is 6.58 Å². The van der Waals surface area contributed by atoms with Crippen LogP contribution in [-0.2, 0) is 4.79 Å². The van der Waals surface area contributed by atoms with Crippen molar-refractivity contribution in [2.45, 2.75) is 52.4 Å². The molecule has 0 bridgehead atoms. The van der Waals surface area contributed by atoms with Crippen molar-refractivity contribution in [2.24, 2.45) is 34.5 Å². The lowest BCUT2D eigenvalue weighted by atomic mass is 9.48. The molecule has 0 aliphatic heterocycles. The third-order valence-electron chi connectivity index (χ3n) is 7.91. The molecule has 1 heteroatoms. The Morgan fingerprint density at radius 3 is 2.77 bits per heavy atom. The highest BCUT2D eigenvalue weighted by atomic mass is 16.1. The molecule has 6 atom stereocenters. The Hall–Kier alpha value is -1.11. The molecule has 1 nitrogen and oxygen atoms in total. The van der Waals surface area contributed by atoms with Gasteiger partial charge in [0, 0.05) is 5.41 Å². The molecule has 0 saturated heterocycles. The number of carbonyl (C=O) groups is 1. The summed E-state index contributed by atoms with van der Waals surface area (Å²) >= 11 is 0. The van der Waals surface area contributed by atoms with Crippen LogP contribution in [0.2, 0.25) is 0 Å². The molecule has 0 aromatic carbocycles. The summed E-state index contributed by atoms with van der Waals surface area (Å²) in [6.07, 6.45) is 16.0. The van der Waals surface area contributed by atoms with Crippen molar-refractivity contribution in [2.75, 3.05) is 0 Å². The molecular weight excluding hydrogens is 268 g/mol. The smallest absolute Gasteiger partial charge is 0.178 e. The Morgan fingerprint density at radius 1 is 1.18 bits per heavy atom. The predicted octanol–water partition coefficient (Wildman–Crippen LogP) is 5.10. The van der Waals surface area contributed by atoms with Crippen LogP contribution < -0.4 is 0 Å². The lowest BCUT2D eigenvalue weighted by Gasteiger charge is -2.57. The van der Waals surface area contributed by atoms with E-state index in [1.54, 1.807) is 0 Å². The fraction of sp³-hybridized carbons (Fsp3) is 0.667. The van der Waals surface area contributed by atoms with Gasteiger partial charge < -0.3 is 0 Å². The molecule has 0 radical (unpaired) electrons. The lowest BCUT2D eigenvalue weighted by molar-refractivity contribution is -0.111. The van der Waals surface area contributed by atoms with Gasteiger partial charge in [0.1, 0.15) is 0 Å². The summed E-state index contributed by atoms with van der Waals surface area (Å²) in [5.74, 6) is 3.34. The van der Waals surface area contributed by atoms with Crippen LogP contribution in [0.5, 0.6) is 0 Å². The lowest BCUT2D eigenvalue weighted by Crippen LogP contribution is -2.49. The van der Waals surface area contributed by atoms with Crippen LogP contribution in [0.3, 0.4) is 0 Å². The Balaban J connectivity index is 1.69. The number of carbonyl (C=O) groups excluding carboxylic acids is 1. The van der Waals surface area contributed by atoms with Gasteiger partial charge in [-0.2, -0.15) is 0 Å². The molecule has 0 spiro atoms. The zero-order valence-corrected chi connectivity index (χ0v) is 14.0. The maximum Gasteiger partial charge on any atom is 0.178 e. The maximum absolute atomic E-state index is 11.8. The van der Waals surface area contributed by atoms with E-state index in [0.717, 1.165) is 24.2 Å². The number of allylic oxidation sites excluding steroid dienone is 5. The van der Waals surface area contributed by atoms with Crippen LogP contribution in [0.1, 0.15) is 52.4 Å². The highest BCUT2D eigenvalue weighted by molar-refractivity contribution is 6.01. The van der Waals surface area contributed by atoms with Crippen LogP contribution in [0.25, 0.3) is 0 Å². The monoisotopic (exact) mass is 296 g/mol. The van der Waals surface area contributed by atoms with Gasteiger partial charge in [0.05, 0.1) is 0 Å². The van der Waals surface area contributed by atoms with Gasteiger partial charge in [-0.3, -0.25) is 4.79 Å². The van der Waals surface area contributed by atoms with Crippen LogP contribution in [0, 0.1) is 34.5 Å². The molecule has 4 unspecified atom stereocenters. The third kappa shape index (κ3) is 1.74. The summed E-state index contributed by atoms with van der Waals surface area (Å²) in [4.78, 5) is 11.8. The molecule has 118 valence electrons. The van der Waals surface area contributed by atoms with Crippen molar-refractivity contribution in [3.63, 3.8) is 0 Å². The van der Waals surface area contributed by atoms with Crippen molar-refractivity contribution < 1.29 is 4.79 Å². The molecule has 3 saturated carbocycles.